The predicted octanol–water partition coefficient (Wildman–Crippen LogP) is 2.68. The average Bonchev–Trinajstić information content (AvgIpc) is 3.09. The number of hydrogen-bond acceptors (Lipinski definition) is 5. The summed E-state index contributed by atoms with van der Waals surface area (Å²) in [6, 6.07) is 12.4. The number of nitrogens with zero attached hydrogens (tertiary/aromatic N) is 2. The number of hydrogen-bond donors (Lipinski definition) is 1. The van der Waals surface area contributed by atoms with Crippen molar-refractivity contribution in [2.45, 2.75) is 25.8 Å². The number of benzene rings is 1. The summed E-state index contributed by atoms with van der Waals surface area (Å²) in [5.74, 6) is 2.42. The summed E-state index contributed by atoms with van der Waals surface area (Å²) in [6.45, 7) is 6.29. The van der Waals surface area contributed by atoms with Crippen molar-refractivity contribution >= 4 is 11.5 Å². The van der Waals surface area contributed by atoms with E-state index in [0.717, 1.165) is 49.7 Å². The van der Waals surface area contributed by atoms with Gasteiger partial charge in [-0.05, 0) is 30.4 Å². The van der Waals surface area contributed by atoms with Crippen LogP contribution in [0.25, 0.3) is 0 Å². The quantitative estimate of drug-likeness (QED) is 0.860. The predicted molar refractivity (Wildman–Crippen MR) is 112 cm³/mol. The second-order valence-corrected chi connectivity index (χ2v) is 7.85. The highest BCUT2D eigenvalue weighted by molar-refractivity contribution is 5.56. The van der Waals surface area contributed by atoms with E-state index in [2.05, 4.69) is 39.9 Å². The summed E-state index contributed by atoms with van der Waals surface area (Å²) in [7, 11) is 1.72. The molecule has 28 heavy (non-hydrogen) atoms. The molecule has 0 bridgehead atoms. The zero-order valence-corrected chi connectivity index (χ0v) is 16.7. The SMILES string of the molecule is COc1ccccc1C[C@@H]1C[C@@H](C)CN1c1cc(N2CCOCC2)cc(=O)[nH]1. The zero-order valence-electron chi connectivity index (χ0n) is 16.7. The summed E-state index contributed by atoms with van der Waals surface area (Å²) in [4.78, 5) is 20.1. The molecule has 0 spiro atoms. The van der Waals surface area contributed by atoms with Crippen molar-refractivity contribution < 1.29 is 9.47 Å². The number of methoxy groups -OCH3 is 1. The number of para-hydroxylation sites is 1. The van der Waals surface area contributed by atoms with E-state index in [1.807, 2.05) is 12.1 Å². The molecule has 0 aliphatic carbocycles. The second-order valence-electron chi connectivity index (χ2n) is 7.85. The molecular formula is C22H29N3O3. The van der Waals surface area contributed by atoms with Crippen molar-refractivity contribution in [3.05, 3.63) is 52.3 Å². The van der Waals surface area contributed by atoms with Crippen LogP contribution >= 0.6 is 0 Å². The summed E-state index contributed by atoms with van der Waals surface area (Å²) in [5.41, 5.74) is 2.15. The molecule has 2 atom stereocenters. The Morgan fingerprint density at radius 1 is 1.21 bits per heavy atom. The van der Waals surface area contributed by atoms with Crippen molar-refractivity contribution in [3.63, 3.8) is 0 Å². The van der Waals surface area contributed by atoms with Crippen molar-refractivity contribution in [1.29, 1.82) is 0 Å². The monoisotopic (exact) mass is 383 g/mol. The number of anilines is 2. The average molecular weight is 383 g/mol. The lowest BCUT2D eigenvalue weighted by atomic mass is 10.00. The fourth-order valence-electron chi connectivity index (χ4n) is 4.44. The van der Waals surface area contributed by atoms with Crippen LogP contribution in [0.2, 0.25) is 0 Å². The molecule has 2 aliphatic heterocycles. The van der Waals surface area contributed by atoms with Crippen molar-refractivity contribution in [3.8, 4) is 5.75 Å². The lowest BCUT2D eigenvalue weighted by Gasteiger charge is -2.31. The Kier molecular flexibility index (Phi) is 5.57. The Morgan fingerprint density at radius 3 is 2.79 bits per heavy atom. The number of rotatable bonds is 5. The van der Waals surface area contributed by atoms with Crippen LogP contribution in [0, 0.1) is 5.92 Å². The maximum absolute atomic E-state index is 12.4. The van der Waals surface area contributed by atoms with Gasteiger partial charge in [0.05, 0.1) is 20.3 Å². The molecule has 6 heteroatoms. The molecule has 4 rings (SSSR count). The van der Waals surface area contributed by atoms with E-state index in [0.29, 0.717) is 25.2 Å². The van der Waals surface area contributed by atoms with Crippen molar-refractivity contribution in [1.82, 2.24) is 4.98 Å². The largest absolute Gasteiger partial charge is 0.496 e. The van der Waals surface area contributed by atoms with Crippen LogP contribution in [0.3, 0.4) is 0 Å². The van der Waals surface area contributed by atoms with Gasteiger partial charge in [0, 0.05) is 43.5 Å². The maximum Gasteiger partial charge on any atom is 0.251 e. The van der Waals surface area contributed by atoms with Crippen LogP contribution in [0.15, 0.2) is 41.2 Å². The van der Waals surface area contributed by atoms with Gasteiger partial charge in [-0.3, -0.25) is 4.79 Å². The molecule has 2 saturated heterocycles. The van der Waals surface area contributed by atoms with Gasteiger partial charge in [0.2, 0.25) is 0 Å². The normalized spacial score (nSPS) is 22.5. The van der Waals surface area contributed by atoms with Gasteiger partial charge in [-0.1, -0.05) is 25.1 Å². The molecule has 1 aromatic carbocycles. The number of aromatic amines is 1. The third-order valence-corrected chi connectivity index (χ3v) is 5.77. The second kappa shape index (κ2) is 8.27. The van der Waals surface area contributed by atoms with Gasteiger partial charge in [-0.2, -0.15) is 0 Å². The number of ether oxygens (including phenoxy) is 2. The van der Waals surface area contributed by atoms with Crippen LogP contribution in [-0.2, 0) is 11.2 Å². The molecule has 0 amide bonds. The Hall–Kier alpha value is -2.47. The summed E-state index contributed by atoms with van der Waals surface area (Å²) in [6.07, 6.45) is 2.00. The smallest absolute Gasteiger partial charge is 0.251 e. The van der Waals surface area contributed by atoms with E-state index in [1.165, 1.54) is 5.56 Å². The standard InChI is InChI=1S/C22H29N3O3/c1-16-11-19(12-17-5-3-4-6-20(17)27-2)25(15-16)21-13-18(14-22(26)23-21)24-7-9-28-10-8-24/h3-6,13-14,16,19H,7-12,15H2,1-2H3,(H,23,26)/t16-,19+/m1/s1. The summed E-state index contributed by atoms with van der Waals surface area (Å²) >= 11 is 0. The molecule has 0 radical (unpaired) electrons. The first-order chi connectivity index (χ1) is 13.6. The molecule has 2 fully saturated rings. The van der Waals surface area contributed by atoms with E-state index in [9.17, 15) is 4.79 Å². The van der Waals surface area contributed by atoms with Crippen LogP contribution in [0.5, 0.6) is 5.75 Å². The Labute approximate surface area is 166 Å². The first-order valence-electron chi connectivity index (χ1n) is 10.1. The lowest BCUT2D eigenvalue weighted by Crippen LogP contribution is -2.38. The molecule has 6 nitrogen and oxygen atoms in total. The summed E-state index contributed by atoms with van der Waals surface area (Å²) in [5, 5.41) is 0. The Balaban J connectivity index is 1.61. The minimum Gasteiger partial charge on any atom is -0.496 e. The highest BCUT2D eigenvalue weighted by Gasteiger charge is 2.31. The first-order valence-corrected chi connectivity index (χ1v) is 10.1. The first kappa shape index (κ1) is 18.9. The highest BCUT2D eigenvalue weighted by Crippen LogP contribution is 2.32. The molecular weight excluding hydrogens is 354 g/mol. The van der Waals surface area contributed by atoms with Gasteiger partial charge in [-0.25, -0.2) is 0 Å². The number of H-pyrrole nitrogens is 1. The van der Waals surface area contributed by atoms with Gasteiger partial charge in [0.15, 0.2) is 0 Å². The molecule has 3 heterocycles. The lowest BCUT2D eigenvalue weighted by molar-refractivity contribution is 0.122. The third-order valence-electron chi connectivity index (χ3n) is 5.77. The van der Waals surface area contributed by atoms with Crippen molar-refractivity contribution in [2.24, 2.45) is 5.92 Å². The fourth-order valence-corrected chi connectivity index (χ4v) is 4.44. The molecule has 0 unspecified atom stereocenters. The van der Waals surface area contributed by atoms with Gasteiger partial charge in [-0.15, -0.1) is 0 Å². The van der Waals surface area contributed by atoms with E-state index in [-0.39, 0.29) is 5.56 Å². The van der Waals surface area contributed by atoms with Crippen LogP contribution in [0.4, 0.5) is 11.5 Å². The van der Waals surface area contributed by atoms with Crippen molar-refractivity contribution in [2.75, 3.05) is 49.8 Å². The number of pyridine rings is 1. The topological polar surface area (TPSA) is 57.8 Å². The Morgan fingerprint density at radius 2 is 2.00 bits per heavy atom. The minimum absolute atomic E-state index is 0.0467. The summed E-state index contributed by atoms with van der Waals surface area (Å²) < 4.78 is 11.0. The van der Waals surface area contributed by atoms with E-state index in [1.54, 1.807) is 13.2 Å². The number of nitrogens with one attached hydrogen (secondary N) is 1. The van der Waals surface area contributed by atoms with E-state index < -0.39 is 0 Å². The zero-order chi connectivity index (χ0) is 19.5. The number of morpholine rings is 1. The molecule has 2 aromatic rings. The van der Waals surface area contributed by atoms with Gasteiger partial charge < -0.3 is 24.3 Å². The molecule has 2 aliphatic rings. The molecule has 0 saturated carbocycles. The van der Waals surface area contributed by atoms with E-state index >= 15 is 0 Å². The van der Waals surface area contributed by atoms with Crippen LogP contribution < -0.4 is 20.1 Å². The van der Waals surface area contributed by atoms with Gasteiger partial charge >= 0.3 is 0 Å². The molecule has 1 N–H and O–H groups in total. The third kappa shape index (κ3) is 4.02. The molecule has 1 aromatic heterocycles. The number of aromatic nitrogens is 1. The van der Waals surface area contributed by atoms with Crippen LogP contribution in [-0.4, -0.2) is 51.0 Å². The fraction of sp³-hybridized carbons (Fsp3) is 0.500. The Bertz CT molecular complexity index is 860. The maximum atomic E-state index is 12.4. The highest BCUT2D eigenvalue weighted by atomic mass is 16.5. The van der Waals surface area contributed by atoms with E-state index in [4.69, 9.17) is 9.47 Å². The van der Waals surface area contributed by atoms with Crippen LogP contribution in [0.1, 0.15) is 18.9 Å². The van der Waals surface area contributed by atoms with Gasteiger partial charge in [0.25, 0.3) is 5.56 Å². The van der Waals surface area contributed by atoms with Gasteiger partial charge in [0.1, 0.15) is 11.6 Å². The minimum atomic E-state index is -0.0467. The molecule has 150 valence electrons.